The Bertz CT molecular complexity index is 350. The molecule has 1 aliphatic rings. The van der Waals surface area contributed by atoms with Crippen LogP contribution in [0.1, 0.15) is 31.7 Å². The van der Waals surface area contributed by atoms with Crippen molar-refractivity contribution >= 4 is 16.5 Å². The van der Waals surface area contributed by atoms with Gasteiger partial charge in [0.25, 0.3) is 0 Å². The Hall–Kier alpha value is -0.680. The van der Waals surface area contributed by atoms with Gasteiger partial charge in [-0.05, 0) is 32.2 Å². The van der Waals surface area contributed by atoms with E-state index in [0.29, 0.717) is 12.0 Å². The lowest BCUT2D eigenvalue weighted by Gasteiger charge is -2.24. The van der Waals surface area contributed by atoms with E-state index in [9.17, 15) is 0 Å². The fourth-order valence-corrected chi connectivity index (χ4v) is 3.03. The maximum Gasteiger partial charge on any atom is 0.208 e. The molecule has 4 nitrogen and oxygen atoms in total. The highest BCUT2D eigenvalue weighted by Crippen LogP contribution is 2.27. The van der Waals surface area contributed by atoms with Crippen molar-refractivity contribution < 1.29 is 0 Å². The van der Waals surface area contributed by atoms with E-state index in [4.69, 9.17) is 0 Å². The number of nitrogens with one attached hydrogen (secondary N) is 1. The normalized spacial score (nSPS) is 20.5. The zero-order valence-corrected chi connectivity index (χ0v) is 11.8. The maximum atomic E-state index is 4.26. The highest BCUT2D eigenvalue weighted by molar-refractivity contribution is 7.15. The first kappa shape index (κ1) is 12.8. The van der Waals surface area contributed by atoms with Crippen molar-refractivity contribution in [3.05, 3.63) is 5.01 Å². The molecule has 1 unspecified atom stereocenters. The minimum absolute atomic E-state index is 0.598. The molecule has 17 heavy (non-hydrogen) atoms. The SMILES string of the molecule is Cc1nnc(N2CCCC2CNCC(C)C)s1. The Morgan fingerprint density at radius 1 is 1.47 bits per heavy atom. The minimum Gasteiger partial charge on any atom is -0.342 e. The van der Waals surface area contributed by atoms with Gasteiger partial charge in [-0.15, -0.1) is 10.2 Å². The molecule has 0 bridgehead atoms. The average Bonchev–Trinajstić information content (AvgIpc) is 2.86. The lowest BCUT2D eigenvalue weighted by molar-refractivity contribution is 0.511. The van der Waals surface area contributed by atoms with Gasteiger partial charge in [0.05, 0.1) is 0 Å². The number of aryl methyl sites for hydroxylation is 1. The Morgan fingerprint density at radius 3 is 2.94 bits per heavy atom. The summed E-state index contributed by atoms with van der Waals surface area (Å²) in [6, 6.07) is 0.598. The molecule has 1 aromatic heterocycles. The summed E-state index contributed by atoms with van der Waals surface area (Å²) in [6.45, 7) is 9.79. The van der Waals surface area contributed by atoms with Gasteiger partial charge >= 0.3 is 0 Å². The van der Waals surface area contributed by atoms with E-state index in [1.165, 1.54) is 12.8 Å². The highest BCUT2D eigenvalue weighted by atomic mass is 32.1. The van der Waals surface area contributed by atoms with Gasteiger partial charge in [0, 0.05) is 19.1 Å². The Labute approximate surface area is 107 Å². The molecule has 2 rings (SSSR count). The van der Waals surface area contributed by atoms with E-state index in [0.717, 1.165) is 29.8 Å². The summed E-state index contributed by atoms with van der Waals surface area (Å²) in [6.07, 6.45) is 2.54. The van der Waals surface area contributed by atoms with Crippen LogP contribution < -0.4 is 10.2 Å². The van der Waals surface area contributed by atoms with Crippen LogP contribution >= 0.6 is 11.3 Å². The summed E-state index contributed by atoms with van der Waals surface area (Å²) >= 11 is 1.70. The van der Waals surface area contributed by atoms with Gasteiger partial charge in [0.1, 0.15) is 5.01 Å². The van der Waals surface area contributed by atoms with E-state index < -0.39 is 0 Å². The molecule has 1 N–H and O–H groups in total. The molecule has 1 atom stereocenters. The minimum atomic E-state index is 0.598. The molecule has 0 radical (unpaired) electrons. The molecule has 1 aliphatic heterocycles. The van der Waals surface area contributed by atoms with Gasteiger partial charge in [-0.1, -0.05) is 25.2 Å². The van der Waals surface area contributed by atoms with Gasteiger partial charge in [-0.25, -0.2) is 0 Å². The van der Waals surface area contributed by atoms with Crippen molar-refractivity contribution in [1.29, 1.82) is 0 Å². The third-order valence-electron chi connectivity index (χ3n) is 3.07. The van der Waals surface area contributed by atoms with Crippen LogP contribution in [-0.2, 0) is 0 Å². The van der Waals surface area contributed by atoms with Crippen LogP contribution in [-0.4, -0.2) is 35.9 Å². The van der Waals surface area contributed by atoms with Crippen LogP contribution in [0.5, 0.6) is 0 Å². The van der Waals surface area contributed by atoms with Crippen molar-refractivity contribution in [3.8, 4) is 0 Å². The van der Waals surface area contributed by atoms with Crippen LogP contribution in [0, 0.1) is 12.8 Å². The molecule has 5 heteroatoms. The van der Waals surface area contributed by atoms with Crippen LogP contribution in [0.25, 0.3) is 0 Å². The van der Waals surface area contributed by atoms with E-state index in [-0.39, 0.29) is 0 Å². The topological polar surface area (TPSA) is 41.1 Å². The smallest absolute Gasteiger partial charge is 0.208 e. The second-order valence-electron chi connectivity index (χ2n) is 5.15. The second-order valence-corrected chi connectivity index (χ2v) is 6.31. The number of rotatable bonds is 5. The Balaban J connectivity index is 1.89. The molecule has 96 valence electrons. The predicted octanol–water partition coefficient (Wildman–Crippen LogP) is 2.06. The second kappa shape index (κ2) is 5.78. The number of aromatic nitrogens is 2. The van der Waals surface area contributed by atoms with E-state index in [1.807, 2.05) is 6.92 Å². The summed E-state index contributed by atoms with van der Waals surface area (Å²) in [5.74, 6) is 0.716. The van der Waals surface area contributed by atoms with Crippen LogP contribution in [0.15, 0.2) is 0 Å². The number of nitrogens with zero attached hydrogens (tertiary/aromatic N) is 3. The molecule has 1 saturated heterocycles. The molecule has 1 aromatic rings. The summed E-state index contributed by atoms with van der Waals surface area (Å²) < 4.78 is 0. The number of hydrogen-bond acceptors (Lipinski definition) is 5. The van der Waals surface area contributed by atoms with Crippen LogP contribution in [0.3, 0.4) is 0 Å². The van der Waals surface area contributed by atoms with Gasteiger partial charge in [0.2, 0.25) is 5.13 Å². The molecule has 0 aromatic carbocycles. The molecule has 0 amide bonds. The third-order valence-corrected chi connectivity index (χ3v) is 3.95. The zero-order valence-electron chi connectivity index (χ0n) is 10.9. The Morgan fingerprint density at radius 2 is 2.29 bits per heavy atom. The molecule has 2 heterocycles. The first-order valence-corrected chi connectivity index (χ1v) is 7.26. The van der Waals surface area contributed by atoms with Gasteiger partial charge < -0.3 is 10.2 Å². The molecule has 0 spiro atoms. The predicted molar refractivity (Wildman–Crippen MR) is 72.7 cm³/mol. The van der Waals surface area contributed by atoms with Crippen molar-refractivity contribution in [2.24, 2.45) is 5.92 Å². The quantitative estimate of drug-likeness (QED) is 0.873. The summed E-state index contributed by atoms with van der Waals surface area (Å²) in [5.41, 5.74) is 0. The van der Waals surface area contributed by atoms with Crippen LogP contribution in [0.2, 0.25) is 0 Å². The standard InChI is InChI=1S/C12H22N4S/c1-9(2)7-13-8-11-5-4-6-16(11)12-15-14-10(3)17-12/h9,11,13H,4-8H2,1-3H3. The fraction of sp³-hybridized carbons (Fsp3) is 0.833. The van der Waals surface area contributed by atoms with Crippen molar-refractivity contribution in [2.45, 2.75) is 39.7 Å². The van der Waals surface area contributed by atoms with Crippen molar-refractivity contribution in [1.82, 2.24) is 15.5 Å². The highest BCUT2D eigenvalue weighted by Gasteiger charge is 2.26. The van der Waals surface area contributed by atoms with Gasteiger partial charge in [-0.2, -0.15) is 0 Å². The summed E-state index contributed by atoms with van der Waals surface area (Å²) in [7, 11) is 0. The van der Waals surface area contributed by atoms with Crippen molar-refractivity contribution in [3.63, 3.8) is 0 Å². The first-order chi connectivity index (χ1) is 8.16. The maximum absolute atomic E-state index is 4.26. The molecule has 0 saturated carbocycles. The van der Waals surface area contributed by atoms with Crippen LogP contribution in [0.4, 0.5) is 5.13 Å². The number of anilines is 1. The van der Waals surface area contributed by atoms with Gasteiger partial charge in [-0.3, -0.25) is 0 Å². The average molecular weight is 254 g/mol. The third kappa shape index (κ3) is 3.39. The molecule has 0 aliphatic carbocycles. The lowest BCUT2D eigenvalue weighted by atomic mass is 10.2. The molecular weight excluding hydrogens is 232 g/mol. The van der Waals surface area contributed by atoms with E-state index in [1.54, 1.807) is 11.3 Å². The fourth-order valence-electron chi connectivity index (χ4n) is 2.24. The van der Waals surface area contributed by atoms with E-state index in [2.05, 4.69) is 34.3 Å². The zero-order chi connectivity index (χ0) is 12.3. The largest absolute Gasteiger partial charge is 0.342 e. The lowest BCUT2D eigenvalue weighted by Crippen LogP contribution is -2.39. The Kier molecular flexibility index (Phi) is 4.34. The molecular formula is C12H22N4S. The van der Waals surface area contributed by atoms with Crippen molar-refractivity contribution in [2.75, 3.05) is 24.5 Å². The first-order valence-electron chi connectivity index (χ1n) is 6.44. The van der Waals surface area contributed by atoms with Gasteiger partial charge in [0.15, 0.2) is 0 Å². The monoisotopic (exact) mass is 254 g/mol. The summed E-state index contributed by atoms with van der Waals surface area (Å²) in [4.78, 5) is 2.41. The molecule has 1 fully saturated rings. The van der Waals surface area contributed by atoms with E-state index >= 15 is 0 Å². The summed E-state index contributed by atoms with van der Waals surface area (Å²) in [5, 5.41) is 14.1. The number of hydrogen-bond donors (Lipinski definition) is 1.